The maximum Gasteiger partial charge on any atom is 0.241 e. The van der Waals surface area contributed by atoms with E-state index in [0.29, 0.717) is 5.69 Å². The number of carbonyl (C=O) groups is 1. The fraction of sp³-hybridized carbons (Fsp3) is 0.625. The lowest BCUT2D eigenvalue weighted by atomic mass is 9.99. The molecule has 6 heteroatoms. The monoisotopic (exact) mass is 305 g/mol. The summed E-state index contributed by atoms with van der Waals surface area (Å²) in [7, 11) is 2.13. The minimum atomic E-state index is -0.484. The number of aromatic nitrogens is 1. The SMILES string of the molecule is CCC(C)C(N)C(=O)Nc1ccc(N2CCN(C)CC2)nc1. The highest BCUT2D eigenvalue weighted by molar-refractivity contribution is 5.94. The van der Waals surface area contributed by atoms with Crippen molar-refractivity contribution in [3.63, 3.8) is 0 Å². The number of amides is 1. The van der Waals surface area contributed by atoms with Crippen molar-refractivity contribution < 1.29 is 4.79 Å². The minimum Gasteiger partial charge on any atom is -0.354 e. The van der Waals surface area contributed by atoms with Gasteiger partial charge in [-0.25, -0.2) is 4.98 Å². The molecule has 0 spiro atoms. The van der Waals surface area contributed by atoms with E-state index in [0.717, 1.165) is 38.4 Å². The number of likely N-dealkylation sites (N-methyl/N-ethyl adjacent to an activating group) is 1. The molecule has 22 heavy (non-hydrogen) atoms. The third kappa shape index (κ3) is 4.18. The molecule has 0 radical (unpaired) electrons. The Morgan fingerprint density at radius 1 is 1.36 bits per heavy atom. The Morgan fingerprint density at radius 3 is 2.59 bits per heavy atom. The molecule has 2 unspecified atom stereocenters. The quantitative estimate of drug-likeness (QED) is 0.853. The minimum absolute atomic E-state index is 0.150. The highest BCUT2D eigenvalue weighted by Crippen LogP contribution is 2.16. The molecule has 6 nitrogen and oxygen atoms in total. The number of piperazine rings is 1. The highest BCUT2D eigenvalue weighted by atomic mass is 16.2. The number of nitrogens with zero attached hydrogens (tertiary/aromatic N) is 3. The Morgan fingerprint density at radius 2 is 2.05 bits per heavy atom. The van der Waals surface area contributed by atoms with Crippen molar-refractivity contribution in [3.8, 4) is 0 Å². The summed E-state index contributed by atoms with van der Waals surface area (Å²) in [4.78, 5) is 21.1. The van der Waals surface area contributed by atoms with Crippen LogP contribution in [0.3, 0.4) is 0 Å². The lowest BCUT2D eigenvalue weighted by Crippen LogP contribution is -2.44. The molecule has 0 bridgehead atoms. The van der Waals surface area contributed by atoms with E-state index < -0.39 is 6.04 Å². The predicted molar refractivity (Wildman–Crippen MR) is 90.0 cm³/mol. The average molecular weight is 305 g/mol. The van der Waals surface area contributed by atoms with E-state index in [4.69, 9.17) is 5.73 Å². The van der Waals surface area contributed by atoms with Crippen LogP contribution in [0, 0.1) is 5.92 Å². The van der Waals surface area contributed by atoms with Crippen LogP contribution in [0.2, 0.25) is 0 Å². The fourth-order valence-electron chi connectivity index (χ4n) is 2.42. The van der Waals surface area contributed by atoms with Gasteiger partial charge < -0.3 is 20.9 Å². The first-order chi connectivity index (χ1) is 10.5. The third-order valence-corrected chi connectivity index (χ3v) is 4.40. The zero-order valence-electron chi connectivity index (χ0n) is 13.7. The number of pyridine rings is 1. The van der Waals surface area contributed by atoms with Crippen LogP contribution >= 0.6 is 0 Å². The molecule has 2 heterocycles. The van der Waals surface area contributed by atoms with Crippen LogP contribution in [0.25, 0.3) is 0 Å². The van der Waals surface area contributed by atoms with Gasteiger partial charge >= 0.3 is 0 Å². The van der Waals surface area contributed by atoms with Gasteiger partial charge in [-0.05, 0) is 25.1 Å². The topological polar surface area (TPSA) is 74.5 Å². The first kappa shape index (κ1) is 16.7. The largest absolute Gasteiger partial charge is 0.354 e. The fourth-order valence-corrected chi connectivity index (χ4v) is 2.42. The predicted octanol–water partition coefficient (Wildman–Crippen LogP) is 1.15. The van der Waals surface area contributed by atoms with Crippen molar-refractivity contribution in [3.05, 3.63) is 18.3 Å². The summed E-state index contributed by atoms with van der Waals surface area (Å²) >= 11 is 0. The zero-order chi connectivity index (χ0) is 16.1. The van der Waals surface area contributed by atoms with E-state index in [1.165, 1.54) is 0 Å². The lowest BCUT2D eigenvalue weighted by Gasteiger charge is -2.33. The molecule has 1 aromatic heterocycles. The average Bonchev–Trinajstić information content (AvgIpc) is 2.55. The van der Waals surface area contributed by atoms with Crippen LogP contribution in [0.4, 0.5) is 11.5 Å². The van der Waals surface area contributed by atoms with E-state index in [1.807, 2.05) is 26.0 Å². The van der Waals surface area contributed by atoms with Crippen LogP contribution in [-0.2, 0) is 4.79 Å². The number of anilines is 2. The number of nitrogens with two attached hydrogens (primary N) is 1. The maximum atomic E-state index is 12.1. The molecule has 2 atom stereocenters. The van der Waals surface area contributed by atoms with Crippen molar-refractivity contribution >= 4 is 17.4 Å². The number of rotatable bonds is 5. The van der Waals surface area contributed by atoms with E-state index in [9.17, 15) is 4.79 Å². The van der Waals surface area contributed by atoms with Crippen LogP contribution in [0.1, 0.15) is 20.3 Å². The molecule has 1 aliphatic heterocycles. The molecule has 0 saturated carbocycles. The van der Waals surface area contributed by atoms with Crippen molar-refractivity contribution in [1.82, 2.24) is 9.88 Å². The highest BCUT2D eigenvalue weighted by Gasteiger charge is 2.20. The Labute approximate surface area is 132 Å². The van der Waals surface area contributed by atoms with Crippen molar-refractivity contribution in [2.75, 3.05) is 43.4 Å². The Bertz CT molecular complexity index is 482. The molecule has 1 aliphatic rings. The Kier molecular flexibility index (Phi) is 5.74. The van der Waals surface area contributed by atoms with Crippen LogP contribution < -0.4 is 16.0 Å². The standard InChI is InChI=1S/C16H27N5O/c1-4-12(2)15(17)16(22)19-13-5-6-14(18-11-13)21-9-7-20(3)8-10-21/h5-6,11-12,15H,4,7-10,17H2,1-3H3,(H,19,22). The van der Waals surface area contributed by atoms with Crippen molar-refractivity contribution in [1.29, 1.82) is 0 Å². The van der Waals surface area contributed by atoms with Gasteiger partial charge in [0.05, 0.1) is 17.9 Å². The summed E-state index contributed by atoms with van der Waals surface area (Å²) in [6.45, 7) is 8.07. The number of hydrogen-bond donors (Lipinski definition) is 2. The third-order valence-electron chi connectivity index (χ3n) is 4.40. The summed E-state index contributed by atoms with van der Waals surface area (Å²) in [6.07, 6.45) is 2.59. The number of hydrogen-bond acceptors (Lipinski definition) is 5. The molecular weight excluding hydrogens is 278 g/mol. The van der Waals surface area contributed by atoms with E-state index in [-0.39, 0.29) is 11.8 Å². The summed E-state index contributed by atoms with van der Waals surface area (Å²) in [5.74, 6) is 0.971. The first-order valence-electron chi connectivity index (χ1n) is 7.97. The molecular formula is C16H27N5O. The second-order valence-electron chi connectivity index (χ2n) is 6.10. The molecule has 1 amide bonds. The molecule has 0 aliphatic carbocycles. The number of carbonyl (C=O) groups excluding carboxylic acids is 1. The van der Waals surface area contributed by atoms with Gasteiger partial charge in [-0.15, -0.1) is 0 Å². The van der Waals surface area contributed by atoms with Crippen molar-refractivity contribution in [2.45, 2.75) is 26.3 Å². The summed E-state index contributed by atoms with van der Waals surface area (Å²) in [6, 6.07) is 3.36. The summed E-state index contributed by atoms with van der Waals surface area (Å²) in [5.41, 5.74) is 6.63. The van der Waals surface area contributed by atoms with Gasteiger partial charge in [0, 0.05) is 26.2 Å². The van der Waals surface area contributed by atoms with Gasteiger partial charge in [0.15, 0.2) is 0 Å². The van der Waals surface area contributed by atoms with Crippen LogP contribution in [0.5, 0.6) is 0 Å². The molecule has 0 aromatic carbocycles. The second kappa shape index (κ2) is 7.56. The molecule has 1 aromatic rings. The van der Waals surface area contributed by atoms with Crippen LogP contribution in [-0.4, -0.2) is 55.1 Å². The normalized spacial score (nSPS) is 18.8. The summed E-state index contributed by atoms with van der Waals surface area (Å²) in [5, 5.41) is 2.84. The Balaban J connectivity index is 1.93. The van der Waals surface area contributed by atoms with E-state index in [2.05, 4.69) is 27.1 Å². The van der Waals surface area contributed by atoms with Crippen molar-refractivity contribution in [2.24, 2.45) is 11.7 Å². The van der Waals surface area contributed by atoms with E-state index in [1.54, 1.807) is 6.20 Å². The molecule has 1 fully saturated rings. The molecule has 2 rings (SSSR count). The van der Waals surface area contributed by atoms with Gasteiger partial charge in [0.25, 0.3) is 0 Å². The molecule has 3 N–H and O–H groups in total. The van der Waals surface area contributed by atoms with Crippen LogP contribution in [0.15, 0.2) is 18.3 Å². The van der Waals surface area contributed by atoms with Gasteiger partial charge in [0.1, 0.15) is 5.82 Å². The Hall–Kier alpha value is -1.66. The zero-order valence-corrected chi connectivity index (χ0v) is 13.7. The second-order valence-corrected chi connectivity index (χ2v) is 6.10. The van der Waals surface area contributed by atoms with Gasteiger partial charge in [0.2, 0.25) is 5.91 Å². The smallest absolute Gasteiger partial charge is 0.241 e. The van der Waals surface area contributed by atoms with Gasteiger partial charge in [-0.2, -0.15) is 0 Å². The van der Waals surface area contributed by atoms with E-state index >= 15 is 0 Å². The van der Waals surface area contributed by atoms with Gasteiger partial charge in [-0.1, -0.05) is 20.3 Å². The first-order valence-corrected chi connectivity index (χ1v) is 7.97. The van der Waals surface area contributed by atoms with Gasteiger partial charge in [-0.3, -0.25) is 4.79 Å². The lowest BCUT2D eigenvalue weighted by molar-refractivity contribution is -0.118. The maximum absolute atomic E-state index is 12.1. The number of nitrogens with one attached hydrogen (secondary N) is 1. The molecule has 1 saturated heterocycles. The molecule has 122 valence electrons. The summed E-state index contributed by atoms with van der Waals surface area (Å²) < 4.78 is 0.